The van der Waals surface area contributed by atoms with E-state index in [-0.39, 0.29) is 6.10 Å². The highest BCUT2D eigenvalue weighted by Gasteiger charge is 2.51. The Morgan fingerprint density at radius 2 is 2.08 bits per heavy atom. The maximum atomic E-state index is 11.8. The molecule has 0 unspecified atom stereocenters. The largest absolute Gasteiger partial charge is 0.372 e. The lowest BCUT2D eigenvalue weighted by Crippen LogP contribution is -2.62. The van der Waals surface area contributed by atoms with Gasteiger partial charge in [-0.2, -0.15) is 0 Å². The third kappa shape index (κ3) is 1.83. The number of hydrogen-bond acceptors (Lipinski definition) is 2. The topological polar surface area (TPSA) is 12.5 Å². The first-order chi connectivity index (χ1) is 6.10. The first-order valence-corrected chi connectivity index (χ1v) is 4.68. The SMILES string of the molecule is CN1CC2(CC(OCC(F)F)C2)C1. The number of ether oxygens (including phenoxy) is 1. The average Bonchev–Trinajstić information content (AvgIpc) is 1.90. The standard InChI is InChI=1S/C9H15F2NO/c1-12-5-9(6-12)2-7(3-9)13-4-8(10)11/h7-8H,2-6H2,1H3. The van der Waals surface area contributed by atoms with E-state index in [1.807, 2.05) is 0 Å². The fourth-order valence-electron chi connectivity index (χ4n) is 2.59. The molecule has 1 aliphatic carbocycles. The minimum Gasteiger partial charge on any atom is -0.372 e. The van der Waals surface area contributed by atoms with Crippen molar-refractivity contribution in [1.29, 1.82) is 0 Å². The van der Waals surface area contributed by atoms with Crippen LogP contribution >= 0.6 is 0 Å². The Bertz CT molecular complexity index is 184. The third-order valence-electron chi connectivity index (χ3n) is 2.99. The second-order valence-electron chi connectivity index (χ2n) is 4.43. The predicted octanol–water partition coefficient (Wildman–Crippen LogP) is 1.36. The molecule has 4 heteroatoms. The van der Waals surface area contributed by atoms with Crippen LogP contribution in [0.1, 0.15) is 12.8 Å². The number of halogens is 2. The van der Waals surface area contributed by atoms with Crippen molar-refractivity contribution in [2.24, 2.45) is 5.41 Å². The van der Waals surface area contributed by atoms with Gasteiger partial charge in [0.2, 0.25) is 0 Å². The van der Waals surface area contributed by atoms with Gasteiger partial charge in [-0.3, -0.25) is 0 Å². The quantitative estimate of drug-likeness (QED) is 0.668. The molecule has 1 heterocycles. The normalized spacial score (nSPS) is 27.7. The van der Waals surface area contributed by atoms with Gasteiger partial charge in [0.1, 0.15) is 6.61 Å². The summed E-state index contributed by atoms with van der Waals surface area (Å²) in [7, 11) is 2.08. The number of rotatable bonds is 3. The highest BCUT2D eigenvalue weighted by Crippen LogP contribution is 2.48. The third-order valence-corrected chi connectivity index (χ3v) is 2.99. The van der Waals surface area contributed by atoms with Crippen LogP contribution in [0.2, 0.25) is 0 Å². The summed E-state index contributed by atoms with van der Waals surface area (Å²) in [6.07, 6.45) is -0.267. The molecule has 13 heavy (non-hydrogen) atoms. The second kappa shape index (κ2) is 3.17. The number of nitrogens with zero attached hydrogens (tertiary/aromatic N) is 1. The van der Waals surface area contributed by atoms with Gasteiger partial charge >= 0.3 is 0 Å². The molecular formula is C9H15F2NO. The molecule has 2 aliphatic rings. The molecule has 1 saturated heterocycles. The number of hydrogen-bond donors (Lipinski definition) is 0. The molecule has 2 fully saturated rings. The number of alkyl halides is 2. The van der Waals surface area contributed by atoms with Gasteiger partial charge in [-0.25, -0.2) is 8.78 Å². The van der Waals surface area contributed by atoms with Crippen LogP contribution in [-0.2, 0) is 4.74 Å². The van der Waals surface area contributed by atoms with Crippen molar-refractivity contribution >= 4 is 0 Å². The van der Waals surface area contributed by atoms with E-state index in [1.54, 1.807) is 0 Å². The maximum Gasteiger partial charge on any atom is 0.261 e. The Morgan fingerprint density at radius 1 is 1.46 bits per heavy atom. The fourth-order valence-corrected chi connectivity index (χ4v) is 2.59. The second-order valence-corrected chi connectivity index (χ2v) is 4.43. The molecule has 1 saturated carbocycles. The minimum absolute atomic E-state index is 0.0997. The molecule has 76 valence electrons. The first-order valence-electron chi connectivity index (χ1n) is 4.68. The van der Waals surface area contributed by atoms with E-state index in [9.17, 15) is 8.78 Å². The van der Waals surface area contributed by atoms with E-state index in [0.29, 0.717) is 5.41 Å². The molecule has 0 atom stereocenters. The van der Waals surface area contributed by atoms with Crippen LogP contribution in [0.4, 0.5) is 8.78 Å². The van der Waals surface area contributed by atoms with Gasteiger partial charge < -0.3 is 9.64 Å². The van der Waals surface area contributed by atoms with Crippen LogP contribution in [0, 0.1) is 5.41 Å². The van der Waals surface area contributed by atoms with Gasteiger partial charge in [0.05, 0.1) is 6.10 Å². The molecule has 2 nitrogen and oxygen atoms in total. The molecule has 1 spiro atoms. The Hall–Kier alpha value is -0.220. The fraction of sp³-hybridized carbons (Fsp3) is 1.00. The molecule has 0 aromatic carbocycles. The van der Waals surface area contributed by atoms with Gasteiger partial charge in [0.25, 0.3) is 6.43 Å². The van der Waals surface area contributed by atoms with Crippen LogP contribution in [0.3, 0.4) is 0 Å². The zero-order valence-electron chi connectivity index (χ0n) is 7.80. The average molecular weight is 191 g/mol. The molecule has 0 aromatic heterocycles. The van der Waals surface area contributed by atoms with Crippen molar-refractivity contribution in [1.82, 2.24) is 4.90 Å². The Balaban J connectivity index is 1.62. The van der Waals surface area contributed by atoms with E-state index in [1.165, 1.54) is 0 Å². The van der Waals surface area contributed by atoms with Crippen molar-refractivity contribution in [3.8, 4) is 0 Å². The van der Waals surface area contributed by atoms with Gasteiger partial charge in [0, 0.05) is 18.5 Å². The summed E-state index contributed by atoms with van der Waals surface area (Å²) in [6.45, 7) is 1.83. The lowest BCUT2D eigenvalue weighted by molar-refractivity contribution is -0.157. The number of likely N-dealkylation sites (tertiary alicyclic amines) is 1. The summed E-state index contributed by atoms with van der Waals surface area (Å²) in [4.78, 5) is 2.25. The molecular weight excluding hydrogens is 176 g/mol. The summed E-state index contributed by atoms with van der Waals surface area (Å²) in [5.41, 5.74) is 0.432. The molecule has 0 amide bonds. The smallest absolute Gasteiger partial charge is 0.261 e. The zero-order chi connectivity index (χ0) is 9.47. The lowest BCUT2D eigenvalue weighted by atomic mass is 9.62. The zero-order valence-corrected chi connectivity index (χ0v) is 7.80. The lowest BCUT2D eigenvalue weighted by Gasteiger charge is -2.57. The molecule has 0 bridgehead atoms. The van der Waals surface area contributed by atoms with Gasteiger partial charge in [-0.05, 0) is 19.9 Å². The molecule has 0 aromatic rings. The highest BCUT2D eigenvalue weighted by atomic mass is 19.3. The minimum atomic E-state index is -2.32. The molecule has 1 aliphatic heterocycles. The summed E-state index contributed by atoms with van der Waals surface area (Å²) in [5.74, 6) is 0. The van der Waals surface area contributed by atoms with Crippen molar-refractivity contribution < 1.29 is 13.5 Å². The molecule has 0 radical (unpaired) electrons. The van der Waals surface area contributed by atoms with E-state index >= 15 is 0 Å². The van der Waals surface area contributed by atoms with Crippen LogP contribution < -0.4 is 0 Å². The maximum absolute atomic E-state index is 11.8. The highest BCUT2D eigenvalue weighted by molar-refractivity contribution is 5.04. The van der Waals surface area contributed by atoms with Crippen molar-refractivity contribution in [2.75, 3.05) is 26.7 Å². The van der Waals surface area contributed by atoms with Crippen molar-refractivity contribution in [2.45, 2.75) is 25.4 Å². The van der Waals surface area contributed by atoms with Gasteiger partial charge in [-0.1, -0.05) is 0 Å². The van der Waals surface area contributed by atoms with Crippen molar-refractivity contribution in [3.63, 3.8) is 0 Å². The Kier molecular flexibility index (Phi) is 2.28. The van der Waals surface area contributed by atoms with Gasteiger partial charge in [0.15, 0.2) is 0 Å². The predicted molar refractivity (Wildman–Crippen MR) is 44.9 cm³/mol. The summed E-state index contributed by atoms with van der Waals surface area (Å²) in [5, 5.41) is 0. The van der Waals surface area contributed by atoms with E-state index < -0.39 is 13.0 Å². The summed E-state index contributed by atoms with van der Waals surface area (Å²) < 4.78 is 28.6. The monoisotopic (exact) mass is 191 g/mol. The van der Waals surface area contributed by atoms with Crippen LogP contribution in [0.5, 0.6) is 0 Å². The van der Waals surface area contributed by atoms with Crippen molar-refractivity contribution in [3.05, 3.63) is 0 Å². The van der Waals surface area contributed by atoms with Crippen LogP contribution in [-0.4, -0.2) is 44.2 Å². The Labute approximate surface area is 76.9 Å². The van der Waals surface area contributed by atoms with E-state index in [4.69, 9.17) is 4.74 Å². The van der Waals surface area contributed by atoms with E-state index in [2.05, 4.69) is 11.9 Å². The molecule has 0 N–H and O–H groups in total. The summed E-state index contributed by atoms with van der Waals surface area (Å²) in [6, 6.07) is 0. The van der Waals surface area contributed by atoms with Gasteiger partial charge in [-0.15, -0.1) is 0 Å². The molecule has 2 rings (SSSR count). The van der Waals surface area contributed by atoms with E-state index in [0.717, 1.165) is 25.9 Å². The van der Waals surface area contributed by atoms with Crippen LogP contribution in [0.15, 0.2) is 0 Å². The Morgan fingerprint density at radius 3 is 2.54 bits per heavy atom. The first kappa shape index (κ1) is 9.34. The van der Waals surface area contributed by atoms with Crippen LogP contribution in [0.25, 0.3) is 0 Å². The summed E-state index contributed by atoms with van der Waals surface area (Å²) >= 11 is 0.